The molecular formula is C15H23N3O. The van der Waals surface area contributed by atoms with Gasteiger partial charge in [-0.3, -0.25) is 4.79 Å². The maximum absolute atomic E-state index is 12.5. The van der Waals surface area contributed by atoms with Crippen LogP contribution in [0.3, 0.4) is 0 Å². The highest BCUT2D eigenvalue weighted by Crippen LogP contribution is 2.39. The highest BCUT2D eigenvalue weighted by molar-refractivity contribution is 6.01. The molecule has 0 spiro atoms. The molecule has 1 aliphatic rings. The fourth-order valence-corrected chi connectivity index (χ4v) is 3.13. The first kappa shape index (κ1) is 14.0. The summed E-state index contributed by atoms with van der Waals surface area (Å²) in [6.45, 7) is 2.49. The monoisotopic (exact) mass is 261 g/mol. The second-order valence-corrected chi connectivity index (χ2v) is 5.75. The molecule has 1 saturated carbocycles. The summed E-state index contributed by atoms with van der Waals surface area (Å²) < 4.78 is 0. The van der Waals surface area contributed by atoms with Crippen LogP contribution in [0, 0.1) is 12.3 Å². The van der Waals surface area contributed by atoms with E-state index in [4.69, 9.17) is 11.5 Å². The average Bonchev–Trinajstić information content (AvgIpc) is 2.39. The molecule has 1 heterocycles. The van der Waals surface area contributed by atoms with Crippen LogP contribution < -0.4 is 11.5 Å². The van der Waals surface area contributed by atoms with Crippen molar-refractivity contribution in [3.63, 3.8) is 0 Å². The lowest BCUT2D eigenvalue weighted by Gasteiger charge is -2.35. The Kier molecular flexibility index (Phi) is 4.20. The van der Waals surface area contributed by atoms with Crippen LogP contribution in [-0.2, 0) is 0 Å². The third kappa shape index (κ3) is 2.95. The number of aromatic nitrogens is 1. The number of nitrogen functional groups attached to an aromatic ring is 1. The number of hydrogen-bond acceptors (Lipinski definition) is 4. The van der Waals surface area contributed by atoms with Gasteiger partial charge in [-0.15, -0.1) is 0 Å². The van der Waals surface area contributed by atoms with E-state index < -0.39 is 0 Å². The molecule has 1 fully saturated rings. The summed E-state index contributed by atoms with van der Waals surface area (Å²) in [5.74, 6) is 0.434. The minimum absolute atomic E-state index is 0.0238. The lowest BCUT2D eigenvalue weighted by atomic mass is 9.70. The summed E-state index contributed by atoms with van der Waals surface area (Å²) in [5, 5.41) is 0. The molecule has 4 nitrogen and oxygen atoms in total. The number of carbonyl (C=O) groups is 1. The predicted molar refractivity (Wildman–Crippen MR) is 76.9 cm³/mol. The van der Waals surface area contributed by atoms with E-state index in [-0.39, 0.29) is 11.2 Å². The van der Waals surface area contributed by atoms with Gasteiger partial charge in [-0.25, -0.2) is 4.98 Å². The third-order valence-corrected chi connectivity index (χ3v) is 4.35. The first-order chi connectivity index (χ1) is 9.08. The number of carbonyl (C=O) groups excluding carboxylic acids is 1. The minimum atomic E-state index is -0.0238. The second-order valence-electron chi connectivity index (χ2n) is 5.75. The standard InChI is InChI=1S/C15H23N3O/c1-11-5-8-18-14(17)13(11)12(19)9-15(10-16)6-3-2-4-7-15/h5,8H,2-4,6-7,9-10,16H2,1H3,(H2,17,18). The topological polar surface area (TPSA) is 82.0 Å². The van der Waals surface area contributed by atoms with E-state index >= 15 is 0 Å². The van der Waals surface area contributed by atoms with Crippen molar-refractivity contribution < 1.29 is 4.79 Å². The molecule has 0 aliphatic heterocycles. The fourth-order valence-electron chi connectivity index (χ4n) is 3.13. The molecule has 0 radical (unpaired) electrons. The zero-order valence-electron chi connectivity index (χ0n) is 11.6. The van der Waals surface area contributed by atoms with Crippen LogP contribution in [0.2, 0.25) is 0 Å². The SMILES string of the molecule is Cc1ccnc(N)c1C(=O)CC1(CN)CCCCC1. The van der Waals surface area contributed by atoms with Crippen molar-refractivity contribution in [2.75, 3.05) is 12.3 Å². The Morgan fingerprint density at radius 1 is 1.37 bits per heavy atom. The Hall–Kier alpha value is -1.42. The molecular weight excluding hydrogens is 238 g/mol. The summed E-state index contributed by atoms with van der Waals surface area (Å²) in [5.41, 5.74) is 13.3. The van der Waals surface area contributed by atoms with E-state index in [0.717, 1.165) is 18.4 Å². The van der Waals surface area contributed by atoms with Gasteiger partial charge in [0.1, 0.15) is 5.82 Å². The Bertz CT molecular complexity index is 444. The molecule has 0 aromatic carbocycles. The quantitative estimate of drug-likeness (QED) is 0.816. The molecule has 0 saturated heterocycles. The molecule has 1 aliphatic carbocycles. The van der Waals surface area contributed by atoms with Crippen LogP contribution in [0.4, 0.5) is 5.82 Å². The third-order valence-electron chi connectivity index (χ3n) is 4.35. The molecule has 0 amide bonds. The molecule has 0 bridgehead atoms. The van der Waals surface area contributed by atoms with Crippen LogP contribution in [0.25, 0.3) is 0 Å². The average molecular weight is 261 g/mol. The second kappa shape index (κ2) is 5.70. The Morgan fingerprint density at radius 2 is 2.05 bits per heavy atom. The van der Waals surface area contributed by atoms with E-state index in [0.29, 0.717) is 24.3 Å². The minimum Gasteiger partial charge on any atom is -0.383 e. The smallest absolute Gasteiger partial charge is 0.167 e. The molecule has 19 heavy (non-hydrogen) atoms. The van der Waals surface area contributed by atoms with Crippen molar-refractivity contribution >= 4 is 11.6 Å². The number of Topliss-reactive ketones (excluding diaryl/α,β-unsaturated/α-hetero) is 1. The molecule has 0 unspecified atom stereocenters. The van der Waals surface area contributed by atoms with Crippen molar-refractivity contribution in [1.82, 2.24) is 4.98 Å². The van der Waals surface area contributed by atoms with Gasteiger partial charge >= 0.3 is 0 Å². The van der Waals surface area contributed by atoms with E-state index in [1.807, 2.05) is 13.0 Å². The van der Waals surface area contributed by atoms with Crippen LogP contribution in [0.15, 0.2) is 12.3 Å². The van der Waals surface area contributed by atoms with E-state index in [1.54, 1.807) is 6.20 Å². The van der Waals surface area contributed by atoms with Crippen LogP contribution >= 0.6 is 0 Å². The molecule has 2 rings (SSSR count). The van der Waals surface area contributed by atoms with Gasteiger partial charge in [-0.2, -0.15) is 0 Å². The summed E-state index contributed by atoms with van der Waals surface area (Å²) in [6.07, 6.45) is 7.84. The highest BCUT2D eigenvalue weighted by Gasteiger charge is 2.34. The lowest BCUT2D eigenvalue weighted by Crippen LogP contribution is -2.35. The molecule has 104 valence electrons. The summed E-state index contributed by atoms with van der Waals surface area (Å²) in [7, 11) is 0. The maximum atomic E-state index is 12.5. The van der Waals surface area contributed by atoms with Gasteiger partial charge in [0.2, 0.25) is 0 Å². The largest absolute Gasteiger partial charge is 0.383 e. The van der Waals surface area contributed by atoms with Crippen LogP contribution in [0.1, 0.15) is 54.4 Å². The van der Waals surface area contributed by atoms with Gasteiger partial charge in [0.25, 0.3) is 0 Å². The van der Waals surface area contributed by atoms with Gasteiger partial charge in [0.05, 0.1) is 5.56 Å². The van der Waals surface area contributed by atoms with E-state index in [9.17, 15) is 4.79 Å². The summed E-state index contributed by atoms with van der Waals surface area (Å²) in [6, 6.07) is 1.83. The molecule has 1 aromatic heterocycles. The maximum Gasteiger partial charge on any atom is 0.167 e. The molecule has 4 N–H and O–H groups in total. The number of anilines is 1. The van der Waals surface area contributed by atoms with Crippen molar-refractivity contribution in [3.8, 4) is 0 Å². The van der Waals surface area contributed by atoms with Crippen molar-refractivity contribution in [2.24, 2.45) is 11.1 Å². The summed E-state index contributed by atoms with van der Waals surface area (Å²) >= 11 is 0. The van der Waals surface area contributed by atoms with Gasteiger partial charge < -0.3 is 11.5 Å². The lowest BCUT2D eigenvalue weighted by molar-refractivity contribution is 0.0868. The molecule has 1 aromatic rings. The Balaban J connectivity index is 2.20. The van der Waals surface area contributed by atoms with Crippen molar-refractivity contribution in [2.45, 2.75) is 45.4 Å². The molecule has 0 atom stereocenters. The normalized spacial score (nSPS) is 18.2. The van der Waals surface area contributed by atoms with Gasteiger partial charge in [-0.1, -0.05) is 19.3 Å². The molecule has 4 heteroatoms. The number of hydrogen-bond donors (Lipinski definition) is 2. The Labute approximate surface area is 114 Å². The van der Waals surface area contributed by atoms with E-state index in [1.165, 1.54) is 19.3 Å². The van der Waals surface area contributed by atoms with Gasteiger partial charge in [0, 0.05) is 12.6 Å². The van der Waals surface area contributed by atoms with Gasteiger partial charge in [0.15, 0.2) is 5.78 Å². The number of pyridine rings is 1. The summed E-state index contributed by atoms with van der Waals surface area (Å²) in [4.78, 5) is 16.6. The van der Waals surface area contributed by atoms with Crippen molar-refractivity contribution in [3.05, 3.63) is 23.4 Å². The Morgan fingerprint density at radius 3 is 2.63 bits per heavy atom. The predicted octanol–water partition coefficient (Wildman–Crippen LogP) is 2.45. The first-order valence-corrected chi connectivity index (χ1v) is 7.02. The number of ketones is 1. The number of nitrogens with two attached hydrogens (primary N) is 2. The van der Waals surface area contributed by atoms with E-state index in [2.05, 4.69) is 4.98 Å². The zero-order valence-corrected chi connectivity index (χ0v) is 11.6. The first-order valence-electron chi connectivity index (χ1n) is 7.02. The number of nitrogens with zero attached hydrogens (tertiary/aromatic N) is 1. The van der Waals surface area contributed by atoms with Crippen LogP contribution in [0.5, 0.6) is 0 Å². The number of rotatable bonds is 4. The number of aryl methyl sites for hydroxylation is 1. The van der Waals surface area contributed by atoms with Crippen LogP contribution in [-0.4, -0.2) is 17.3 Å². The highest BCUT2D eigenvalue weighted by atomic mass is 16.1. The van der Waals surface area contributed by atoms with Crippen molar-refractivity contribution in [1.29, 1.82) is 0 Å². The fraction of sp³-hybridized carbons (Fsp3) is 0.600. The van der Waals surface area contributed by atoms with Gasteiger partial charge in [-0.05, 0) is 43.4 Å². The zero-order chi connectivity index (χ0) is 13.9.